The van der Waals surface area contributed by atoms with Crippen molar-refractivity contribution in [1.29, 1.82) is 0 Å². The van der Waals surface area contributed by atoms with Crippen molar-refractivity contribution in [3.8, 4) is 0 Å². The number of hydrogen-bond donors (Lipinski definition) is 4. The number of aromatic nitrogens is 1. The molecule has 0 aromatic carbocycles. The quantitative estimate of drug-likeness (QED) is 0.398. The van der Waals surface area contributed by atoms with Gasteiger partial charge in [-0.25, -0.2) is 10.9 Å². The maximum Gasteiger partial charge on any atom is 0.271 e. The number of carbonyl (C=O) groups is 2. The second-order valence-corrected chi connectivity index (χ2v) is 4.12. The molecule has 9 heteroatoms. The van der Waals surface area contributed by atoms with Gasteiger partial charge in [-0.3, -0.25) is 14.6 Å². The van der Waals surface area contributed by atoms with E-state index in [9.17, 15) is 9.59 Å². The largest absolute Gasteiger partial charge is 0.330 e. The number of rotatable bonds is 7. The van der Waals surface area contributed by atoms with Gasteiger partial charge in [0.25, 0.3) is 5.91 Å². The molecule has 126 valence electrons. The predicted molar refractivity (Wildman–Crippen MR) is 89.8 cm³/mol. The van der Waals surface area contributed by atoms with Gasteiger partial charge in [-0.1, -0.05) is 0 Å². The normalized spacial score (nSPS) is 10.2. The minimum absolute atomic E-state index is 0.164. The highest BCUT2D eigenvalue weighted by molar-refractivity contribution is 5.94. The van der Waals surface area contributed by atoms with Crippen LogP contribution in [0.25, 0.3) is 0 Å². The van der Waals surface area contributed by atoms with E-state index in [1.807, 2.05) is 0 Å². The van der Waals surface area contributed by atoms with Crippen molar-refractivity contribution in [2.75, 3.05) is 13.1 Å². The molecule has 6 N–H and O–H groups in total. The highest BCUT2D eigenvalue weighted by Gasteiger charge is 2.01. The third kappa shape index (κ3) is 12.8. The van der Waals surface area contributed by atoms with Crippen LogP contribution in [0.15, 0.2) is 34.7 Å². The summed E-state index contributed by atoms with van der Waals surface area (Å²) in [5.41, 5.74) is 15.6. The van der Waals surface area contributed by atoms with E-state index < -0.39 is 0 Å². The summed E-state index contributed by atoms with van der Waals surface area (Å²) in [7, 11) is 0. The third-order valence-electron chi connectivity index (χ3n) is 2.10. The van der Waals surface area contributed by atoms with Gasteiger partial charge in [-0.05, 0) is 38.1 Å². The highest BCUT2D eigenvalue weighted by Crippen LogP contribution is 1.94. The molecule has 23 heavy (non-hydrogen) atoms. The zero-order valence-corrected chi connectivity index (χ0v) is 13.1. The molecular weight excluding hydrogens is 298 g/mol. The molecule has 0 bridgehead atoms. The van der Waals surface area contributed by atoms with Gasteiger partial charge in [-0.15, -0.1) is 0 Å². The smallest absolute Gasteiger partial charge is 0.271 e. The van der Waals surface area contributed by atoms with E-state index in [1.54, 1.807) is 37.0 Å². The second-order valence-electron chi connectivity index (χ2n) is 4.12. The van der Waals surface area contributed by atoms with Crippen LogP contribution in [0.5, 0.6) is 0 Å². The summed E-state index contributed by atoms with van der Waals surface area (Å²) < 4.78 is 0. The van der Waals surface area contributed by atoms with Crippen LogP contribution >= 0.6 is 0 Å². The van der Waals surface area contributed by atoms with Crippen LogP contribution in [0.3, 0.4) is 0 Å². The van der Waals surface area contributed by atoms with E-state index in [2.05, 4.69) is 26.0 Å². The van der Waals surface area contributed by atoms with E-state index in [0.717, 1.165) is 0 Å². The topological polar surface area (TPSA) is 148 Å². The van der Waals surface area contributed by atoms with Gasteiger partial charge in [0, 0.05) is 37.3 Å². The summed E-state index contributed by atoms with van der Waals surface area (Å²) >= 11 is 0. The molecule has 0 saturated carbocycles. The van der Waals surface area contributed by atoms with E-state index in [1.165, 1.54) is 6.92 Å². The first-order chi connectivity index (χ1) is 11.1. The standard InChI is InChI=1S/C9H12N4O.C5H11N3O/c10-4-1-5-12-13-9(14)8-2-6-11-7-3-8;1-5(9)8-7-4-2-3-6/h2-3,5-7H,1,4,10H2,(H,13,14);4H,2-3,6H2,1H3,(H,8,9)/b12-5+;7-4+. The van der Waals surface area contributed by atoms with Gasteiger partial charge in [-0.2, -0.15) is 10.2 Å². The summed E-state index contributed by atoms with van der Waals surface area (Å²) in [6, 6.07) is 3.24. The molecule has 1 rings (SSSR count). The van der Waals surface area contributed by atoms with Crippen LogP contribution in [-0.4, -0.2) is 42.3 Å². The Hall–Kier alpha value is -2.65. The van der Waals surface area contributed by atoms with E-state index in [4.69, 9.17) is 11.5 Å². The van der Waals surface area contributed by atoms with Crippen molar-refractivity contribution in [3.05, 3.63) is 30.1 Å². The van der Waals surface area contributed by atoms with Crippen LogP contribution in [0.2, 0.25) is 0 Å². The van der Waals surface area contributed by atoms with Crippen LogP contribution in [0.1, 0.15) is 30.1 Å². The Kier molecular flexibility index (Phi) is 12.6. The molecular formula is C14H23N7O2. The molecule has 0 saturated heterocycles. The average molecular weight is 321 g/mol. The molecule has 2 amide bonds. The first kappa shape index (κ1) is 20.3. The van der Waals surface area contributed by atoms with E-state index >= 15 is 0 Å². The fourth-order valence-electron chi connectivity index (χ4n) is 1.09. The van der Waals surface area contributed by atoms with Gasteiger partial charge in [0.1, 0.15) is 0 Å². The van der Waals surface area contributed by atoms with Crippen LogP contribution in [0, 0.1) is 0 Å². The number of nitrogens with zero attached hydrogens (tertiary/aromatic N) is 3. The molecule has 0 fully saturated rings. The molecule has 0 unspecified atom stereocenters. The summed E-state index contributed by atoms with van der Waals surface area (Å²) in [6.07, 6.45) is 7.59. The molecule has 0 spiro atoms. The first-order valence-corrected chi connectivity index (χ1v) is 7.02. The Morgan fingerprint density at radius 2 is 1.61 bits per heavy atom. The van der Waals surface area contributed by atoms with Crippen molar-refractivity contribution >= 4 is 24.2 Å². The minimum atomic E-state index is -0.249. The summed E-state index contributed by atoms with van der Waals surface area (Å²) in [6.45, 7) is 2.48. The van der Waals surface area contributed by atoms with Gasteiger partial charge >= 0.3 is 0 Å². The lowest BCUT2D eigenvalue weighted by molar-refractivity contribution is -0.118. The number of nitrogens with two attached hydrogens (primary N) is 2. The monoisotopic (exact) mass is 321 g/mol. The maximum absolute atomic E-state index is 11.3. The van der Waals surface area contributed by atoms with Gasteiger partial charge < -0.3 is 11.5 Å². The SMILES string of the molecule is CC(=O)N/N=C/CCN.NCC/C=N/NC(=O)c1ccncc1. The fraction of sp³-hybridized carbons (Fsp3) is 0.357. The lowest BCUT2D eigenvalue weighted by Gasteiger charge is -1.97. The molecule has 0 aliphatic heterocycles. The molecule has 1 heterocycles. The van der Waals surface area contributed by atoms with Crippen molar-refractivity contribution in [2.45, 2.75) is 19.8 Å². The maximum atomic E-state index is 11.3. The van der Waals surface area contributed by atoms with Crippen molar-refractivity contribution in [3.63, 3.8) is 0 Å². The number of hydrazone groups is 2. The lowest BCUT2D eigenvalue weighted by Crippen LogP contribution is -2.17. The molecule has 9 nitrogen and oxygen atoms in total. The van der Waals surface area contributed by atoms with E-state index in [-0.39, 0.29) is 11.8 Å². The van der Waals surface area contributed by atoms with Crippen LogP contribution in [0.4, 0.5) is 0 Å². The van der Waals surface area contributed by atoms with Crippen LogP contribution < -0.4 is 22.3 Å². The third-order valence-corrected chi connectivity index (χ3v) is 2.10. The number of carbonyl (C=O) groups excluding carboxylic acids is 2. The van der Waals surface area contributed by atoms with Crippen molar-refractivity contribution in [2.24, 2.45) is 21.7 Å². The summed E-state index contributed by atoms with van der Waals surface area (Å²) in [4.78, 5) is 25.3. The Bertz CT molecular complexity index is 503. The number of nitrogens with one attached hydrogen (secondary N) is 2. The Morgan fingerprint density at radius 1 is 1.09 bits per heavy atom. The lowest BCUT2D eigenvalue weighted by atomic mass is 10.3. The molecule has 1 aromatic rings. The zero-order valence-electron chi connectivity index (χ0n) is 13.1. The molecule has 0 radical (unpaired) electrons. The number of amides is 2. The summed E-state index contributed by atoms with van der Waals surface area (Å²) in [5, 5.41) is 7.27. The van der Waals surface area contributed by atoms with Gasteiger partial charge in [0.05, 0.1) is 0 Å². The van der Waals surface area contributed by atoms with Crippen molar-refractivity contribution < 1.29 is 9.59 Å². The average Bonchev–Trinajstić information content (AvgIpc) is 2.57. The number of hydrogen-bond acceptors (Lipinski definition) is 7. The van der Waals surface area contributed by atoms with Gasteiger partial charge in [0.2, 0.25) is 5.91 Å². The number of pyridine rings is 1. The summed E-state index contributed by atoms with van der Waals surface area (Å²) in [5.74, 6) is -0.413. The van der Waals surface area contributed by atoms with Crippen LogP contribution in [-0.2, 0) is 4.79 Å². The molecule has 0 atom stereocenters. The minimum Gasteiger partial charge on any atom is -0.330 e. The first-order valence-electron chi connectivity index (χ1n) is 7.02. The second kappa shape index (κ2) is 14.3. The van der Waals surface area contributed by atoms with E-state index in [0.29, 0.717) is 31.5 Å². The Balaban J connectivity index is 0.000000468. The predicted octanol–water partition coefficient (Wildman–Crippen LogP) is -0.397. The highest BCUT2D eigenvalue weighted by atomic mass is 16.2. The van der Waals surface area contributed by atoms with Crippen molar-refractivity contribution in [1.82, 2.24) is 15.8 Å². The molecule has 0 aliphatic rings. The Labute approximate surface area is 135 Å². The van der Waals surface area contributed by atoms with Gasteiger partial charge in [0.15, 0.2) is 0 Å². The molecule has 0 aliphatic carbocycles. The fourth-order valence-corrected chi connectivity index (χ4v) is 1.09. The Morgan fingerprint density at radius 3 is 2.09 bits per heavy atom. The molecule has 1 aromatic heterocycles. The zero-order chi connectivity index (χ0) is 17.3.